The number of rotatable bonds is 5. The van der Waals surface area contributed by atoms with Crippen LogP contribution in [0.4, 0.5) is 14.6 Å². The van der Waals surface area contributed by atoms with Crippen LogP contribution in [0.1, 0.15) is 44.1 Å². The van der Waals surface area contributed by atoms with Gasteiger partial charge in [0.25, 0.3) is 0 Å². The number of nitrogens with zero attached hydrogens (tertiary/aromatic N) is 4. The Hall–Kier alpha value is -4.00. The molecule has 5 heterocycles. The van der Waals surface area contributed by atoms with Gasteiger partial charge in [0.2, 0.25) is 0 Å². The molecule has 9 heteroatoms. The summed E-state index contributed by atoms with van der Waals surface area (Å²) in [5.41, 5.74) is 1.16. The third-order valence-corrected chi connectivity index (χ3v) is 10.2. The van der Waals surface area contributed by atoms with Crippen LogP contribution in [0.2, 0.25) is 0 Å². The van der Waals surface area contributed by atoms with Crippen molar-refractivity contribution in [1.29, 1.82) is 0 Å². The summed E-state index contributed by atoms with van der Waals surface area (Å²) >= 11 is 0. The molecule has 1 aromatic heterocycles. The van der Waals surface area contributed by atoms with E-state index in [1.165, 1.54) is 6.42 Å². The average Bonchev–Trinajstić information content (AvgIpc) is 3.54. The standard InChI is InChI=1S/C35H35F2N5O2/c1-2-21-6-3-7-22-14-26(43)15-29(30(21)22)27-10-11-28-32(31(27)37)39-34(44-20-35-12-5-13-42(35)17-23(36)16-35)40-33(28)41-18-24-8-4-9-25(19-41)38-24/h1,3,6-7,10-11,14-15,23-25,38,43H,4-5,8-9,12-13,16-20H2/t23-,24?,25?,35+/m1/s1. The van der Waals surface area contributed by atoms with Gasteiger partial charge in [-0.05, 0) is 67.4 Å². The Morgan fingerprint density at radius 1 is 1.07 bits per heavy atom. The minimum absolute atomic E-state index is 0.0176. The van der Waals surface area contributed by atoms with Crippen molar-refractivity contribution < 1.29 is 18.6 Å². The first-order valence-electron chi connectivity index (χ1n) is 15.7. The Kier molecular flexibility index (Phi) is 6.61. The van der Waals surface area contributed by atoms with Crippen LogP contribution in [0.5, 0.6) is 11.8 Å². The molecule has 4 aromatic rings. The monoisotopic (exact) mass is 595 g/mol. The maximum absolute atomic E-state index is 16.8. The summed E-state index contributed by atoms with van der Waals surface area (Å²) in [5.74, 6) is 2.84. The number of piperidine rings is 1. The van der Waals surface area contributed by atoms with Crippen LogP contribution in [0.3, 0.4) is 0 Å². The second-order valence-corrected chi connectivity index (χ2v) is 13.0. The lowest BCUT2D eigenvalue weighted by Gasteiger charge is -2.43. The van der Waals surface area contributed by atoms with Crippen molar-refractivity contribution in [3.63, 3.8) is 0 Å². The maximum Gasteiger partial charge on any atom is 0.319 e. The molecule has 3 aromatic carbocycles. The molecule has 0 spiro atoms. The normalized spacial score (nSPS) is 26.7. The van der Waals surface area contributed by atoms with Crippen molar-refractivity contribution in [2.75, 3.05) is 37.7 Å². The molecule has 4 aliphatic rings. The fraction of sp³-hybridized carbons (Fsp3) is 0.429. The molecule has 4 fully saturated rings. The topological polar surface area (TPSA) is 73.8 Å². The summed E-state index contributed by atoms with van der Waals surface area (Å²) in [6, 6.07) is 13.0. The smallest absolute Gasteiger partial charge is 0.319 e. The van der Waals surface area contributed by atoms with E-state index in [9.17, 15) is 9.50 Å². The first kappa shape index (κ1) is 27.5. The van der Waals surface area contributed by atoms with Gasteiger partial charge in [0.15, 0.2) is 5.82 Å². The van der Waals surface area contributed by atoms with Crippen LogP contribution in [0.15, 0.2) is 42.5 Å². The largest absolute Gasteiger partial charge is 0.508 e. The van der Waals surface area contributed by atoms with Gasteiger partial charge < -0.3 is 20.1 Å². The Labute approximate surface area is 255 Å². The number of aromatic hydroxyl groups is 1. The van der Waals surface area contributed by atoms with Crippen molar-refractivity contribution in [3.8, 4) is 35.2 Å². The summed E-state index contributed by atoms with van der Waals surface area (Å²) in [7, 11) is 0. The molecule has 0 radical (unpaired) electrons. The van der Waals surface area contributed by atoms with E-state index >= 15 is 4.39 Å². The Bertz CT molecular complexity index is 1810. The molecule has 4 atom stereocenters. The molecule has 4 saturated heterocycles. The number of aromatic nitrogens is 2. The number of piperazine rings is 1. The van der Waals surface area contributed by atoms with Gasteiger partial charge in [-0.15, -0.1) is 6.42 Å². The highest BCUT2D eigenvalue weighted by molar-refractivity contribution is 6.04. The van der Waals surface area contributed by atoms with Gasteiger partial charge in [0.1, 0.15) is 29.9 Å². The molecule has 44 heavy (non-hydrogen) atoms. The Balaban J connectivity index is 1.26. The van der Waals surface area contributed by atoms with E-state index < -0.39 is 12.0 Å². The fourth-order valence-electron chi connectivity index (χ4n) is 8.21. The molecule has 2 unspecified atom stereocenters. The van der Waals surface area contributed by atoms with E-state index in [0.29, 0.717) is 52.8 Å². The van der Waals surface area contributed by atoms with Crippen molar-refractivity contribution in [3.05, 3.63) is 53.8 Å². The number of terminal acetylenes is 1. The van der Waals surface area contributed by atoms with Crippen molar-refractivity contribution in [2.45, 2.75) is 62.3 Å². The van der Waals surface area contributed by atoms with E-state index in [1.807, 2.05) is 24.3 Å². The number of nitrogens with one attached hydrogen (secondary N) is 1. The molecule has 0 amide bonds. The van der Waals surface area contributed by atoms with Crippen molar-refractivity contribution in [2.24, 2.45) is 0 Å². The molecule has 4 aliphatic heterocycles. The molecule has 8 rings (SSSR count). The molecular formula is C35H35F2N5O2. The van der Waals surface area contributed by atoms with Crippen LogP contribution in [0, 0.1) is 18.2 Å². The Morgan fingerprint density at radius 2 is 1.91 bits per heavy atom. The third kappa shape index (κ3) is 4.54. The molecular weight excluding hydrogens is 560 g/mol. The highest BCUT2D eigenvalue weighted by Gasteiger charge is 2.49. The van der Waals surface area contributed by atoms with Crippen LogP contribution >= 0.6 is 0 Å². The lowest BCUT2D eigenvalue weighted by molar-refractivity contribution is 0.107. The summed E-state index contributed by atoms with van der Waals surface area (Å²) in [5, 5.41) is 16.3. The highest BCUT2D eigenvalue weighted by Crippen LogP contribution is 2.42. The van der Waals surface area contributed by atoms with Gasteiger partial charge in [-0.25, -0.2) is 8.78 Å². The van der Waals surface area contributed by atoms with Gasteiger partial charge >= 0.3 is 6.01 Å². The Morgan fingerprint density at radius 3 is 2.73 bits per heavy atom. The minimum Gasteiger partial charge on any atom is -0.508 e. The van der Waals surface area contributed by atoms with Crippen LogP contribution < -0.4 is 15.0 Å². The molecule has 0 saturated carbocycles. The number of halogens is 2. The number of alkyl halides is 1. The minimum atomic E-state index is -0.878. The number of phenolic OH excluding ortho intramolecular Hbond substituents is 1. The fourth-order valence-corrected chi connectivity index (χ4v) is 8.21. The quantitative estimate of drug-likeness (QED) is 0.293. The van der Waals surface area contributed by atoms with Gasteiger partial charge in [0, 0.05) is 60.0 Å². The van der Waals surface area contributed by atoms with Crippen molar-refractivity contribution >= 4 is 27.5 Å². The highest BCUT2D eigenvalue weighted by atomic mass is 19.1. The maximum atomic E-state index is 16.8. The third-order valence-electron chi connectivity index (χ3n) is 10.2. The second kappa shape index (κ2) is 10.6. The zero-order valence-corrected chi connectivity index (χ0v) is 24.5. The zero-order chi connectivity index (χ0) is 30.0. The average molecular weight is 596 g/mol. The number of ether oxygens (including phenoxy) is 1. The molecule has 226 valence electrons. The van der Waals surface area contributed by atoms with Gasteiger partial charge in [-0.3, -0.25) is 4.90 Å². The molecule has 2 bridgehead atoms. The zero-order valence-electron chi connectivity index (χ0n) is 24.5. The van der Waals surface area contributed by atoms with Gasteiger partial charge in [-0.2, -0.15) is 9.97 Å². The predicted octanol–water partition coefficient (Wildman–Crippen LogP) is 5.56. The van der Waals surface area contributed by atoms with Crippen molar-refractivity contribution in [1.82, 2.24) is 20.2 Å². The summed E-state index contributed by atoms with van der Waals surface area (Å²) in [6.45, 7) is 3.05. The first-order chi connectivity index (χ1) is 21.4. The van der Waals surface area contributed by atoms with E-state index in [2.05, 4.69) is 26.0 Å². The predicted molar refractivity (Wildman–Crippen MR) is 167 cm³/mol. The number of anilines is 1. The van der Waals surface area contributed by atoms with E-state index in [0.717, 1.165) is 50.7 Å². The number of benzene rings is 3. The summed E-state index contributed by atoms with van der Waals surface area (Å²) in [4.78, 5) is 14.0. The van der Waals surface area contributed by atoms with E-state index in [4.69, 9.17) is 16.1 Å². The lowest BCUT2D eigenvalue weighted by Crippen LogP contribution is -2.59. The van der Waals surface area contributed by atoms with E-state index in [-0.39, 0.29) is 35.0 Å². The molecule has 7 nitrogen and oxygen atoms in total. The molecule has 0 aliphatic carbocycles. The lowest BCUT2D eigenvalue weighted by atomic mass is 9.92. The van der Waals surface area contributed by atoms with E-state index in [1.54, 1.807) is 18.2 Å². The number of phenols is 1. The summed E-state index contributed by atoms with van der Waals surface area (Å²) in [6.07, 6.45) is 10.6. The SMILES string of the molecule is C#Cc1cccc2cc(O)cc(-c3ccc4c(N5CC6CCCC(C5)N6)nc(OC[C@@]56CCCN5C[C@H](F)C6)nc4c3F)c12. The van der Waals surface area contributed by atoms with Crippen LogP contribution in [0.25, 0.3) is 32.8 Å². The first-order valence-corrected chi connectivity index (χ1v) is 15.7. The summed E-state index contributed by atoms with van der Waals surface area (Å²) < 4.78 is 37.6. The van der Waals surface area contributed by atoms with Gasteiger partial charge in [-0.1, -0.05) is 30.5 Å². The second-order valence-electron chi connectivity index (χ2n) is 13.0. The van der Waals surface area contributed by atoms with Gasteiger partial charge in [0.05, 0.1) is 5.54 Å². The number of fused-ring (bicyclic) bond motifs is 5. The number of hydrogen-bond donors (Lipinski definition) is 2. The molecule has 2 N–H and O–H groups in total. The van der Waals surface area contributed by atoms with Crippen LogP contribution in [-0.2, 0) is 0 Å². The number of hydrogen-bond acceptors (Lipinski definition) is 7. The van der Waals surface area contributed by atoms with Crippen LogP contribution in [-0.4, -0.2) is 76.6 Å².